The van der Waals surface area contributed by atoms with E-state index in [2.05, 4.69) is 34.1 Å². The summed E-state index contributed by atoms with van der Waals surface area (Å²) in [5, 5.41) is 0. The van der Waals surface area contributed by atoms with Crippen LogP contribution in [0.25, 0.3) is 0 Å². The second kappa shape index (κ2) is 7.25. The first-order valence-electron chi connectivity index (χ1n) is 8.42. The first kappa shape index (κ1) is 15.5. The summed E-state index contributed by atoms with van der Waals surface area (Å²) < 4.78 is 5.18. The minimum atomic E-state index is -0.187. The molecule has 2 aliphatic rings. The van der Waals surface area contributed by atoms with Crippen molar-refractivity contribution in [3.63, 3.8) is 0 Å². The normalized spacial score (nSPS) is 22.6. The van der Waals surface area contributed by atoms with Crippen LogP contribution in [0.4, 0.5) is 0 Å². The summed E-state index contributed by atoms with van der Waals surface area (Å²) in [6, 6.07) is 10.4. The largest absolute Gasteiger partial charge is 0.468 e. The molecule has 0 aliphatic carbocycles. The van der Waals surface area contributed by atoms with Crippen LogP contribution in [0.5, 0.6) is 0 Å². The number of esters is 1. The van der Waals surface area contributed by atoms with Crippen molar-refractivity contribution < 1.29 is 9.53 Å². The third kappa shape index (κ3) is 3.18. The lowest BCUT2D eigenvalue weighted by molar-refractivity contribution is -0.149. The van der Waals surface area contributed by atoms with Crippen LogP contribution in [0.3, 0.4) is 0 Å². The smallest absolute Gasteiger partial charge is 0.325 e. The number of rotatable bonds is 5. The van der Waals surface area contributed by atoms with Crippen LogP contribution in [-0.2, 0) is 9.53 Å². The van der Waals surface area contributed by atoms with Gasteiger partial charge in [-0.15, -0.1) is 0 Å². The number of methoxy groups -OCH3 is 1. The van der Waals surface area contributed by atoms with Gasteiger partial charge in [0.05, 0.1) is 13.2 Å². The van der Waals surface area contributed by atoms with Crippen molar-refractivity contribution in [1.82, 2.24) is 9.80 Å². The molecule has 2 aliphatic heterocycles. The van der Waals surface area contributed by atoms with Crippen molar-refractivity contribution in [2.75, 3.05) is 33.3 Å². The summed E-state index contributed by atoms with van der Waals surface area (Å²) in [5.74, 6) is -0.0948. The van der Waals surface area contributed by atoms with Gasteiger partial charge in [-0.05, 0) is 57.4 Å². The average molecular weight is 302 g/mol. The second-order valence-electron chi connectivity index (χ2n) is 6.31. The van der Waals surface area contributed by atoms with Gasteiger partial charge < -0.3 is 4.74 Å². The van der Waals surface area contributed by atoms with E-state index in [4.69, 9.17) is 4.74 Å². The van der Waals surface area contributed by atoms with Crippen LogP contribution in [0.15, 0.2) is 30.3 Å². The van der Waals surface area contributed by atoms with Gasteiger partial charge in [-0.1, -0.05) is 30.3 Å². The molecule has 3 rings (SSSR count). The minimum absolute atomic E-state index is 0.0948. The molecule has 0 N–H and O–H groups in total. The van der Waals surface area contributed by atoms with Crippen molar-refractivity contribution in [1.29, 1.82) is 0 Å². The number of carbonyl (C=O) groups excluding carboxylic acids is 1. The fraction of sp³-hybridized carbons (Fsp3) is 0.611. The second-order valence-corrected chi connectivity index (χ2v) is 6.31. The zero-order valence-electron chi connectivity index (χ0n) is 13.4. The number of ether oxygens (including phenoxy) is 1. The Morgan fingerprint density at radius 2 is 1.50 bits per heavy atom. The van der Waals surface area contributed by atoms with Gasteiger partial charge in [0.15, 0.2) is 0 Å². The zero-order valence-corrected chi connectivity index (χ0v) is 13.4. The van der Waals surface area contributed by atoms with Crippen LogP contribution < -0.4 is 0 Å². The maximum atomic E-state index is 12.6. The molecule has 1 aromatic carbocycles. The highest BCUT2D eigenvalue weighted by molar-refractivity contribution is 5.77. The molecule has 0 radical (unpaired) electrons. The lowest BCUT2D eigenvalue weighted by Gasteiger charge is -2.38. The highest BCUT2D eigenvalue weighted by Gasteiger charge is 2.40. The zero-order chi connectivity index (χ0) is 15.4. The Bertz CT molecular complexity index is 479. The Hall–Kier alpha value is -1.39. The molecule has 2 atom stereocenters. The van der Waals surface area contributed by atoms with Crippen LogP contribution in [0.2, 0.25) is 0 Å². The molecule has 0 spiro atoms. The Kier molecular flexibility index (Phi) is 5.11. The van der Waals surface area contributed by atoms with Gasteiger partial charge in [0.25, 0.3) is 0 Å². The number of benzene rings is 1. The van der Waals surface area contributed by atoms with Crippen LogP contribution in [0.1, 0.15) is 37.3 Å². The van der Waals surface area contributed by atoms with Crippen molar-refractivity contribution in [2.24, 2.45) is 0 Å². The van der Waals surface area contributed by atoms with E-state index < -0.39 is 0 Å². The third-order valence-corrected chi connectivity index (χ3v) is 4.95. The molecule has 1 aromatic rings. The van der Waals surface area contributed by atoms with Gasteiger partial charge in [-0.25, -0.2) is 0 Å². The van der Waals surface area contributed by atoms with Crippen molar-refractivity contribution in [3.05, 3.63) is 35.9 Å². The maximum absolute atomic E-state index is 12.6. The predicted molar refractivity (Wildman–Crippen MR) is 86.6 cm³/mol. The number of nitrogens with zero attached hydrogens (tertiary/aromatic N) is 2. The molecule has 22 heavy (non-hydrogen) atoms. The van der Waals surface area contributed by atoms with Crippen molar-refractivity contribution >= 4 is 5.97 Å². The van der Waals surface area contributed by atoms with Gasteiger partial charge in [0.1, 0.15) is 6.04 Å². The third-order valence-electron chi connectivity index (χ3n) is 4.95. The fourth-order valence-corrected chi connectivity index (χ4v) is 3.88. The van der Waals surface area contributed by atoms with E-state index in [0.717, 1.165) is 26.2 Å². The lowest BCUT2D eigenvalue weighted by atomic mass is 9.96. The van der Waals surface area contributed by atoms with Crippen LogP contribution >= 0.6 is 0 Å². The summed E-state index contributed by atoms with van der Waals surface area (Å²) in [6.07, 6.45) is 4.79. The molecule has 0 unspecified atom stereocenters. The molecule has 4 heteroatoms. The molecule has 4 nitrogen and oxygen atoms in total. The topological polar surface area (TPSA) is 32.8 Å². The van der Waals surface area contributed by atoms with E-state index in [0.29, 0.717) is 0 Å². The van der Waals surface area contributed by atoms with Crippen LogP contribution in [0, 0.1) is 0 Å². The lowest BCUT2D eigenvalue weighted by Crippen LogP contribution is -2.49. The van der Waals surface area contributed by atoms with E-state index in [9.17, 15) is 4.79 Å². The quantitative estimate of drug-likeness (QED) is 0.782. The molecule has 2 saturated heterocycles. The van der Waals surface area contributed by atoms with E-state index in [1.807, 2.05) is 6.07 Å². The first-order chi connectivity index (χ1) is 10.8. The molecule has 0 aromatic heterocycles. The Labute approximate surface area is 133 Å². The Morgan fingerprint density at radius 1 is 0.955 bits per heavy atom. The number of carbonyl (C=O) groups is 1. The number of hydrogen-bond donors (Lipinski definition) is 0. The number of hydrogen-bond acceptors (Lipinski definition) is 4. The Morgan fingerprint density at radius 3 is 2.05 bits per heavy atom. The van der Waals surface area contributed by atoms with Crippen molar-refractivity contribution in [2.45, 2.75) is 37.8 Å². The van der Waals surface area contributed by atoms with Gasteiger partial charge in [-0.3, -0.25) is 14.6 Å². The molecule has 2 fully saturated rings. The molecule has 0 amide bonds. The van der Waals surface area contributed by atoms with E-state index in [1.54, 1.807) is 0 Å². The standard InChI is InChI=1S/C18H26N2O2/c1-22-18(21)17(20-13-7-8-14-20)16(19-11-5-6-12-19)15-9-3-2-4-10-15/h2-4,9-10,16-17H,5-8,11-14H2,1H3/t16-,17-/m0/s1. The van der Waals surface area contributed by atoms with Crippen molar-refractivity contribution in [3.8, 4) is 0 Å². The predicted octanol–water partition coefficient (Wildman–Crippen LogP) is 2.46. The molecule has 120 valence electrons. The molecular formula is C18H26N2O2. The maximum Gasteiger partial charge on any atom is 0.325 e. The summed E-state index contributed by atoms with van der Waals surface area (Å²) in [7, 11) is 1.51. The van der Waals surface area contributed by atoms with E-state index >= 15 is 0 Å². The molecule has 0 saturated carbocycles. The average Bonchev–Trinajstić information content (AvgIpc) is 3.26. The summed E-state index contributed by atoms with van der Waals surface area (Å²) in [4.78, 5) is 17.4. The molecule has 0 bridgehead atoms. The van der Waals surface area contributed by atoms with Crippen LogP contribution in [-0.4, -0.2) is 55.1 Å². The minimum Gasteiger partial charge on any atom is -0.468 e. The van der Waals surface area contributed by atoms with Gasteiger partial charge >= 0.3 is 5.97 Å². The molecular weight excluding hydrogens is 276 g/mol. The van der Waals surface area contributed by atoms with E-state index in [1.165, 1.54) is 38.4 Å². The summed E-state index contributed by atoms with van der Waals surface area (Å²) >= 11 is 0. The van der Waals surface area contributed by atoms with Gasteiger partial charge in [0, 0.05) is 0 Å². The fourth-order valence-electron chi connectivity index (χ4n) is 3.88. The highest BCUT2D eigenvalue weighted by Crippen LogP contribution is 2.33. The number of likely N-dealkylation sites (tertiary alicyclic amines) is 2. The monoisotopic (exact) mass is 302 g/mol. The van der Waals surface area contributed by atoms with Gasteiger partial charge in [0.2, 0.25) is 0 Å². The molecule has 2 heterocycles. The SMILES string of the molecule is COC(=O)[C@H]([C@H](c1ccccc1)N1CCCC1)N1CCCC1. The summed E-state index contributed by atoms with van der Waals surface area (Å²) in [5.41, 5.74) is 1.23. The van der Waals surface area contributed by atoms with E-state index in [-0.39, 0.29) is 18.1 Å². The highest BCUT2D eigenvalue weighted by atomic mass is 16.5. The van der Waals surface area contributed by atoms with Gasteiger partial charge in [-0.2, -0.15) is 0 Å². The summed E-state index contributed by atoms with van der Waals surface area (Å²) in [6.45, 7) is 4.13. The first-order valence-corrected chi connectivity index (χ1v) is 8.42. The Balaban J connectivity index is 1.94.